The number of aromatic nitrogens is 2. The minimum atomic E-state index is -0.652. The summed E-state index contributed by atoms with van der Waals surface area (Å²) in [5.41, 5.74) is 2.37. The van der Waals surface area contributed by atoms with Gasteiger partial charge in [-0.15, -0.1) is 4.57 Å². The number of carbonyl (C=O) groups is 1. The van der Waals surface area contributed by atoms with E-state index in [9.17, 15) is 9.59 Å². The number of anilines is 1. The zero-order valence-electron chi connectivity index (χ0n) is 18.0. The summed E-state index contributed by atoms with van der Waals surface area (Å²) in [5.74, 6) is 1.56. The second-order valence-corrected chi connectivity index (χ2v) is 7.46. The lowest BCUT2D eigenvalue weighted by atomic mass is 10.2. The Balaban J connectivity index is 1.33. The van der Waals surface area contributed by atoms with Gasteiger partial charge in [0, 0.05) is 17.8 Å². The summed E-state index contributed by atoms with van der Waals surface area (Å²) in [6.45, 7) is 5.56. The molecule has 0 aliphatic rings. The molecule has 1 N–H and O–H groups in total. The first-order chi connectivity index (χ1) is 15.4. The fraction of sp³-hybridized carbons (Fsp3) is 0.208. The van der Waals surface area contributed by atoms with Crippen molar-refractivity contribution in [3.63, 3.8) is 0 Å². The second kappa shape index (κ2) is 8.97. The van der Waals surface area contributed by atoms with Crippen molar-refractivity contribution in [2.75, 3.05) is 5.32 Å². The largest absolute Gasteiger partial charge is 0.487 e. The highest BCUT2D eigenvalue weighted by Gasteiger charge is 2.15. The van der Waals surface area contributed by atoms with Crippen molar-refractivity contribution in [1.82, 2.24) is 9.56 Å². The molecule has 0 saturated carbocycles. The maximum absolute atomic E-state index is 12.4. The van der Waals surface area contributed by atoms with Gasteiger partial charge >= 0.3 is 0 Å². The Morgan fingerprint density at radius 3 is 2.47 bits per heavy atom. The van der Waals surface area contributed by atoms with Gasteiger partial charge in [-0.25, -0.2) is 4.98 Å². The Morgan fingerprint density at radius 1 is 1.06 bits per heavy atom. The van der Waals surface area contributed by atoms with E-state index in [1.165, 1.54) is 6.07 Å². The number of fused-ring (bicyclic) bond motifs is 1. The van der Waals surface area contributed by atoms with Crippen LogP contribution in [0.4, 0.5) is 5.69 Å². The Kier molecular flexibility index (Phi) is 5.93. The summed E-state index contributed by atoms with van der Waals surface area (Å²) >= 11 is 0. The molecule has 1 unspecified atom stereocenters. The molecule has 8 nitrogen and oxygen atoms in total. The van der Waals surface area contributed by atoms with Crippen LogP contribution in [0.15, 0.2) is 70.0 Å². The average Bonchev–Trinajstić information content (AvgIpc) is 3.15. The Morgan fingerprint density at radius 2 is 1.75 bits per heavy atom. The van der Waals surface area contributed by atoms with Gasteiger partial charge in [0.05, 0.1) is 5.69 Å². The van der Waals surface area contributed by atoms with E-state index in [-0.39, 0.29) is 18.1 Å². The monoisotopic (exact) mass is 433 g/mol. The minimum absolute atomic E-state index is 0.128. The van der Waals surface area contributed by atoms with Crippen molar-refractivity contribution in [2.24, 2.45) is 0 Å². The van der Waals surface area contributed by atoms with E-state index in [2.05, 4.69) is 10.3 Å². The number of amides is 1. The van der Waals surface area contributed by atoms with Gasteiger partial charge in [-0.2, -0.15) is 0 Å². The second-order valence-electron chi connectivity index (χ2n) is 7.46. The van der Waals surface area contributed by atoms with Crippen LogP contribution in [-0.4, -0.2) is 21.6 Å². The van der Waals surface area contributed by atoms with Crippen LogP contribution in [-0.2, 0) is 11.4 Å². The molecule has 1 amide bonds. The number of nitrogens with zero attached hydrogens (tertiary/aromatic N) is 2. The summed E-state index contributed by atoms with van der Waals surface area (Å²) in [4.78, 5) is 28.8. The molecule has 2 aromatic heterocycles. The van der Waals surface area contributed by atoms with Crippen LogP contribution < -0.4 is 20.3 Å². The number of hydrogen-bond donors (Lipinski definition) is 1. The molecule has 8 heteroatoms. The molecular weight excluding hydrogens is 410 g/mol. The van der Waals surface area contributed by atoms with Gasteiger partial charge in [0.1, 0.15) is 23.9 Å². The Bertz CT molecular complexity index is 1290. The summed E-state index contributed by atoms with van der Waals surface area (Å²) in [6.07, 6.45) is -0.652. The third-order valence-corrected chi connectivity index (χ3v) is 4.74. The number of rotatable bonds is 7. The summed E-state index contributed by atoms with van der Waals surface area (Å²) in [6, 6.07) is 17.5. The summed E-state index contributed by atoms with van der Waals surface area (Å²) < 4.78 is 17.8. The van der Waals surface area contributed by atoms with Crippen molar-refractivity contribution in [3.05, 3.63) is 88.0 Å². The third kappa shape index (κ3) is 4.97. The average molecular weight is 433 g/mol. The maximum atomic E-state index is 12.4. The molecule has 0 fully saturated rings. The van der Waals surface area contributed by atoms with Crippen molar-refractivity contribution in [1.29, 1.82) is 0 Å². The molecule has 1 atom stereocenters. The quantitative estimate of drug-likeness (QED) is 0.475. The van der Waals surface area contributed by atoms with Gasteiger partial charge in [-0.05, 0) is 57.2 Å². The molecule has 164 valence electrons. The molecule has 0 aliphatic carbocycles. The number of ether oxygens (including phenoxy) is 2. The Labute approximate surface area is 184 Å². The van der Waals surface area contributed by atoms with E-state index in [1.54, 1.807) is 44.2 Å². The molecule has 2 heterocycles. The number of benzene rings is 2. The predicted molar refractivity (Wildman–Crippen MR) is 119 cm³/mol. The van der Waals surface area contributed by atoms with Crippen LogP contribution in [0.25, 0.3) is 5.65 Å². The van der Waals surface area contributed by atoms with Crippen LogP contribution in [0.5, 0.6) is 11.5 Å². The lowest BCUT2D eigenvalue weighted by molar-refractivity contribution is -0.122. The van der Waals surface area contributed by atoms with Crippen molar-refractivity contribution < 1.29 is 18.8 Å². The topological polar surface area (TPSA) is 95.1 Å². The number of hydrogen-bond acceptors (Lipinski definition) is 6. The van der Waals surface area contributed by atoms with E-state index in [4.69, 9.17) is 14.0 Å². The van der Waals surface area contributed by atoms with E-state index in [0.29, 0.717) is 34.3 Å². The highest BCUT2D eigenvalue weighted by Crippen LogP contribution is 2.18. The zero-order valence-corrected chi connectivity index (χ0v) is 18.0. The molecule has 0 saturated heterocycles. The number of nitrogens with one attached hydrogen (secondary N) is 1. The zero-order chi connectivity index (χ0) is 22.7. The first-order valence-electron chi connectivity index (χ1n) is 10.1. The standard InChI is InChI=1S/C24H23N3O5/c1-15-4-8-21(9-5-15)31-17(3)24(29)26-18-6-10-20(11-7-18)30-14-19-13-23(28)27-22(25-19)12-16(2)32-27/h4-13,17H,14H2,1-3H3,(H,26,29). The molecule has 0 bridgehead atoms. The molecule has 4 rings (SSSR count). The summed E-state index contributed by atoms with van der Waals surface area (Å²) in [5, 5.41) is 2.82. The fourth-order valence-electron chi connectivity index (χ4n) is 3.06. The predicted octanol–water partition coefficient (Wildman–Crippen LogP) is 3.89. The van der Waals surface area contributed by atoms with Gasteiger partial charge in [0.25, 0.3) is 11.5 Å². The van der Waals surface area contributed by atoms with Crippen LogP contribution in [0, 0.1) is 13.8 Å². The normalized spacial score (nSPS) is 11.8. The maximum Gasteiger partial charge on any atom is 0.287 e. The van der Waals surface area contributed by atoms with E-state index >= 15 is 0 Å². The van der Waals surface area contributed by atoms with Gasteiger partial charge in [-0.1, -0.05) is 17.7 Å². The van der Waals surface area contributed by atoms with E-state index in [0.717, 1.165) is 10.1 Å². The highest BCUT2D eigenvalue weighted by atomic mass is 16.5. The highest BCUT2D eigenvalue weighted by molar-refractivity contribution is 5.94. The molecule has 32 heavy (non-hydrogen) atoms. The fourth-order valence-corrected chi connectivity index (χ4v) is 3.06. The SMILES string of the molecule is Cc1ccc(OC(C)C(=O)Nc2ccc(OCc3cc(=O)n4oc(C)cc4n3)cc2)cc1. The van der Waals surface area contributed by atoms with Gasteiger partial charge in [0.2, 0.25) is 0 Å². The molecule has 2 aromatic carbocycles. The minimum Gasteiger partial charge on any atom is -0.487 e. The van der Waals surface area contributed by atoms with Crippen LogP contribution in [0.3, 0.4) is 0 Å². The molecular formula is C24H23N3O5. The van der Waals surface area contributed by atoms with Crippen LogP contribution in [0.1, 0.15) is 23.9 Å². The van der Waals surface area contributed by atoms with Crippen molar-refractivity contribution in [2.45, 2.75) is 33.5 Å². The summed E-state index contributed by atoms with van der Waals surface area (Å²) in [7, 11) is 0. The molecule has 0 spiro atoms. The van der Waals surface area contributed by atoms with E-state index < -0.39 is 6.10 Å². The number of aryl methyl sites for hydroxylation is 2. The lowest BCUT2D eigenvalue weighted by Gasteiger charge is -2.15. The molecule has 0 radical (unpaired) electrons. The van der Waals surface area contributed by atoms with Crippen LogP contribution >= 0.6 is 0 Å². The Hall–Kier alpha value is -4.07. The molecule has 4 aromatic rings. The first-order valence-corrected chi connectivity index (χ1v) is 10.1. The van der Waals surface area contributed by atoms with Gasteiger partial charge < -0.3 is 19.3 Å². The smallest absolute Gasteiger partial charge is 0.287 e. The van der Waals surface area contributed by atoms with Crippen LogP contribution in [0.2, 0.25) is 0 Å². The number of carbonyl (C=O) groups excluding carboxylic acids is 1. The van der Waals surface area contributed by atoms with E-state index in [1.807, 2.05) is 31.2 Å². The third-order valence-electron chi connectivity index (χ3n) is 4.74. The molecule has 0 aliphatic heterocycles. The first kappa shape index (κ1) is 21.2. The lowest BCUT2D eigenvalue weighted by Crippen LogP contribution is -2.30. The van der Waals surface area contributed by atoms with Gasteiger partial charge in [0.15, 0.2) is 11.8 Å². The van der Waals surface area contributed by atoms with Crippen molar-refractivity contribution >= 4 is 17.2 Å². The van der Waals surface area contributed by atoms with Gasteiger partial charge in [-0.3, -0.25) is 9.59 Å². The van der Waals surface area contributed by atoms with Crippen molar-refractivity contribution in [3.8, 4) is 11.5 Å².